The summed E-state index contributed by atoms with van der Waals surface area (Å²) < 4.78 is 40.3. The molecule has 1 N–H and O–H groups in total. The summed E-state index contributed by atoms with van der Waals surface area (Å²) in [6.45, 7) is 5.08. The van der Waals surface area contributed by atoms with Gasteiger partial charge in [0.15, 0.2) is 9.84 Å². The molecule has 0 saturated carbocycles. The summed E-state index contributed by atoms with van der Waals surface area (Å²) in [4.78, 5) is 29.2. The van der Waals surface area contributed by atoms with Crippen LogP contribution >= 0.6 is 11.8 Å². The first-order valence-corrected chi connectivity index (χ1v) is 13.2. The number of amides is 2. The topological polar surface area (TPSA) is 86.8 Å². The molecule has 0 radical (unpaired) electrons. The summed E-state index contributed by atoms with van der Waals surface area (Å²) in [7, 11) is -3.76. The van der Waals surface area contributed by atoms with E-state index in [4.69, 9.17) is 0 Å². The van der Waals surface area contributed by atoms with E-state index in [0.717, 1.165) is 4.90 Å². The molecule has 0 bridgehead atoms. The van der Waals surface area contributed by atoms with E-state index in [1.807, 2.05) is 4.90 Å². The fourth-order valence-electron chi connectivity index (χ4n) is 3.99. The molecular formula is C23H26FN3O4S2. The maximum absolute atomic E-state index is 14.0. The average molecular weight is 492 g/mol. The standard InChI is InChI=1S/C23H26FN3O4S2/c1-15(33(30,31)17-7-8-21-19(14-17)25-23(29)16(2)32-21)13-22(28)27-11-9-26(10-12-27)20-6-4-3-5-18(20)24/h3-8,14-16H,9-13H2,1-2H3,(H,25,29)/t15-,16-/m0/s1. The molecule has 0 spiro atoms. The normalized spacial score (nSPS) is 19.6. The molecule has 10 heteroatoms. The van der Waals surface area contributed by atoms with Gasteiger partial charge in [0.2, 0.25) is 11.8 Å². The molecule has 2 aromatic rings. The SMILES string of the molecule is C[C@@H]1Sc2ccc(S(=O)(=O)[C@@H](C)CC(=O)N3CCN(c4ccccc4F)CC3)cc2NC1=O. The number of nitrogens with one attached hydrogen (secondary N) is 1. The second-order valence-corrected chi connectivity index (χ2v) is 12.0. The molecule has 1 saturated heterocycles. The predicted molar refractivity (Wildman–Crippen MR) is 127 cm³/mol. The molecule has 2 atom stereocenters. The molecule has 2 aromatic carbocycles. The number of carbonyl (C=O) groups is 2. The summed E-state index contributed by atoms with van der Waals surface area (Å²) in [6, 6.07) is 11.2. The van der Waals surface area contributed by atoms with E-state index < -0.39 is 15.1 Å². The van der Waals surface area contributed by atoms with Crippen LogP contribution in [0.3, 0.4) is 0 Å². The number of anilines is 2. The van der Waals surface area contributed by atoms with Gasteiger partial charge in [-0.25, -0.2) is 12.8 Å². The fourth-order valence-corrected chi connectivity index (χ4v) is 6.28. The molecule has 2 aliphatic rings. The molecule has 0 unspecified atom stereocenters. The minimum atomic E-state index is -3.76. The number of sulfone groups is 1. The van der Waals surface area contributed by atoms with Crippen LogP contribution in [0.2, 0.25) is 0 Å². The highest BCUT2D eigenvalue weighted by molar-refractivity contribution is 8.01. The number of hydrogen-bond acceptors (Lipinski definition) is 6. The number of carbonyl (C=O) groups excluding carboxylic acids is 2. The molecule has 7 nitrogen and oxygen atoms in total. The lowest BCUT2D eigenvalue weighted by atomic mass is 10.2. The van der Waals surface area contributed by atoms with Gasteiger partial charge in [0.1, 0.15) is 5.82 Å². The first kappa shape index (κ1) is 23.6. The summed E-state index contributed by atoms with van der Waals surface area (Å²) in [6.07, 6.45) is -0.142. The van der Waals surface area contributed by atoms with Gasteiger partial charge in [-0.15, -0.1) is 11.8 Å². The maximum atomic E-state index is 14.0. The number of piperazine rings is 1. The van der Waals surface area contributed by atoms with Crippen molar-refractivity contribution < 1.29 is 22.4 Å². The molecule has 2 aliphatic heterocycles. The van der Waals surface area contributed by atoms with Crippen molar-refractivity contribution in [1.29, 1.82) is 0 Å². The van der Waals surface area contributed by atoms with Crippen LogP contribution in [-0.4, -0.2) is 61.8 Å². The average Bonchev–Trinajstić information content (AvgIpc) is 2.80. The van der Waals surface area contributed by atoms with E-state index >= 15 is 0 Å². The van der Waals surface area contributed by atoms with Gasteiger partial charge in [-0.1, -0.05) is 12.1 Å². The summed E-state index contributed by atoms with van der Waals surface area (Å²) >= 11 is 1.38. The Bertz CT molecular complexity index is 1180. The number of nitrogens with zero attached hydrogens (tertiary/aromatic N) is 2. The zero-order valence-electron chi connectivity index (χ0n) is 18.5. The highest BCUT2D eigenvalue weighted by Crippen LogP contribution is 2.37. The molecule has 2 heterocycles. The monoisotopic (exact) mass is 491 g/mol. The van der Waals surface area contributed by atoms with Gasteiger partial charge in [0, 0.05) is 37.5 Å². The van der Waals surface area contributed by atoms with Crippen LogP contribution in [-0.2, 0) is 19.4 Å². The zero-order valence-corrected chi connectivity index (χ0v) is 20.1. The highest BCUT2D eigenvalue weighted by atomic mass is 32.2. The number of hydrogen-bond donors (Lipinski definition) is 1. The Morgan fingerprint density at radius 2 is 1.88 bits per heavy atom. The van der Waals surface area contributed by atoms with Crippen LogP contribution in [0.15, 0.2) is 52.3 Å². The quantitative estimate of drug-likeness (QED) is 0.692. The number of benzene rings is 2. The first-order valence-electron chi connectivity index (χ1n) is 10.8. The van der Waals surface area contributed by atoms with Crippen molar-refractivity contribution in [1.82, 2.24) is 4.90 Å². The van der Waals surface area contributed by atoms with Crippen molar-refractivity contribution in [3.8, 4) is 0 Å². The minimum Gasteiger partial charge on any atom is -0.366 e. The number of fused-ring (bicyclic) bond motifs is 1. The van der Waals surface area contributed by atoms with Crippen molar-refractivity contribution in [3.63, 3.8) is 0 Å². The molecule has 4 rings (SSSR count). The molecule has 176 valence electrons. The second kappa shape index (κ2) is 9.34. The molecule has 2 amide bonds. The Hall–Kier alpha value is -2.59. The third-order valence-corrected chi connectivity index (χ3v) is 9.34. The van der Waals surface area contributed by atoms with Crippen LogP contribution in [0.5, 0.6) is 0 Å². The van der Waals surface area contributed by atoms with E-state index in [0.29, 0.717) is 37.6 Å². The van der Waals surface area contributed by atoms with Gasteiger partial charge < -0.3 is 15.1 Å². The molecule has 33 heavy (non-hydrogen) atoms. The lowest BCUT2D eigenvalue weighted by Crippen LogP contribution is -2.49. The van der Waals surface area contributed by atoms with Gasteiger partial charge in [-0.2, -0.15) is 0 Å². The van der Waals surface area contributed by atoms with Gasteiger partial charge in [0.25, 0.3) is 0 Å². The molecule has 0 aliphatic carbocycles. The van der Waals surface area contributed by atoms with Crippen LogP contribution in [0.4, 0.5) is 15.8 Å². The van der Waals surface area contributed by atoms with Crippen molar-refractivity contribution in [2.75, 3.05) is 36.4 Å². The van der Waals surface area contributed by atoms with Crippen molar-refractivity contribution in [2.45, 2.75) is 40.6 Å². The third-order valence-electron chi connectivity index (χ3n) is 6.03. The van der Waals surface area contributed by atoms with Crippen LogP contribution < -0.4 is 10.2 Å². The predicted octanol–water partition coefficient (Wildman–Crippen LogP) is 3.16. The number of thioether (sulfide) groups is 1. The van der Waals surface area contributed by atoms with Gasteiger partial charge in [-0.05, 0) is 44.2 Å². The van der Waals surface area contributed by atoms with Crippen LogP contribution in [0.1, 0.15) is 20.3 Å². The van der Waals surface area contributed by atoms with Gasteiger partial charge in [-0.3, -0.25) is 9.59 Å². The van der Waals surface area contributed by atoms with Crippen molar-refractivity contribution >= 4 is 44.8 Å². The lowest BCUT2D eigenvalue weighted by molar-refractivity contribution is -0.131. The molecule has 0 aromatic heterocycles. The third kappa shape index (κ3) is 4.86. The maximum Gasteiger partial charge on any atom is 0.237 e. The van der Waals surface area contributed by atoms with Crippen LogP contribution in [0.25, 0.3) is 0 Å². The number of halogens is 1. The number of para-hydroxylation sites is 1. The summed E-state index contributed by atoms with van der Waals surface area (Å²) in [5.41, 5.74) is 0.986. The Balaban J connectivity index is 1.39. The Morgan fingerprint density at radius 1 is 1.18 bits per heavy atom. The van der Waals surface area contributed by atoms with Crippen molar-refractivity contribution in [3.05, 3.63) is 48.3 Å². The van der Waals surface area contributed by atoms with E-state index in [1.54, 1.807) is 36.1 Å². The molecule has 1 fully saturated rings. The smallest absolute Gasteiger partial charge is 0.237 e. The van der Waals surface area contributed by atoms with E-state index in [2.05, 4.69) is 5.32 Å². The van der Waals surface area contributed by atoms with Crippen molar-refractivity contribution in [2.24, 2.45) is 0 Å². The minimum absolute atomic E-state index is 0.0846. The number of rotatable bonds is 5. The zero-order chi connectivity index (χ0) is 23.8. The Morgan fingerprint density at radius 3 is 2.58 bits per heavy atom. The van der Waals surface area contributed by atoms with Crippen LogP contribution in [0, 0.1) is 5.82 Å². The lowest BCUT2D eigenvalue weighted by Gasteiger charge is -2.36. The van der Waals surface area contributed by atoms with E-state index in [1.165, 1.54) is 36.9 Å². The van der Waals surface area contributed by atoms with E-state index in [-0.39, 0.29) is 34.2 Å². The second-order valence-electron chi connectivity index (χ2n) is 8.29. The van der Waals surface area contributed by atoms with Gasteiger partial charge in [0.05, 0.1) is 26.8 Å². The summed E-state index contributed by atoms with van der Waals surface area (Å²) in [5.74, 6) is -0.708. The van der Waals surface area contributed by atoms with E-state index in [9.17, 15) is 22.4 Å². The Labute approximate surface area is 197 Å². The highest BCUT2D eigenvalue weighted by Gasteiger charge is 2.31. The largest absolute Gasteiger partial charge is 0.366 e. The summed E-state index contributed by atoms with van der Waals surface area (Å²) in [5, 5.41) is 1.59. The fraction of sp³-hybridized carbons (Fsp3) is 0.391. The first-order chi connectivity index (χ1) is 15.7. The molecular weight excluding hydrogens is 465 g/mol. The Kier molecular flexibility index (Phi) is 6.67. The van der Waals surface area contributed by atoms with Gasteiger partial charge >= 0.3 is 0 Å².